The van der Waals surface area contributed by atoms with Crippen LogP contribution >= 0.6 is 12.4 Å². The zero-order valence-corrected chi connectivity index (χ0v) is 11.5. The van der Waals surface area contributed by atoms with Crippen molar-refractivity contribution < 1.29 is 9.53 Å². The lowest BCUT2D eigenvalue weighted by Crippen LogP contribution is -2.45. The Bertz CT molecular complexity index is 227. The number of halogens is 1. The van der Waals surface area contributed by atoms with E-state index in [9.17, 15) is 4.79 Å². The van der Waals surface area contributed by atoms with E-state index in [0.717, 1.165) is 26.1 Å². The minimum absolute atomic E-state index is 0. The molecular weight excluding hydrogens is 242 g/mol. The summed E-state index contributed by atoms with van der Waals surface area (Å²) in [5, 5.41) is 2.88. The Labute approximate surface area is 109 Å². The number of nitrogens with two attached hydrogens (primary N) is 1. The van der Waals surface area contributed by atoms with Gasteiger partial charge in [-0.2, -0.15) is 0 Å². The van der Waals surface area contributed by atoms with Gasteiger partial charge in [-0.1, -0.05) is 0 Å². The van der Waals surface area contributed by atoms with Gasteiger partial charge in [0.2, 0.25) is 5.91 Å². The van der Waals surface area contributed by atoms with E-state index in [1.54, 1.807) is 14.0 Å². The van der Waals surface area contributed by atoms with Gasteiger partial charge in [0.15, 0.2) is 0 Å². The first-order valence-electron chi connectivity index (χ1n) is 5.91. The molecule has 1 aliphatic rings. The predicted octanol–water partition coefficient (Wildman–Crippen LogP) is -0.0176. The number of hydrogen-bond acceptors (Lipinski definition) is 4. The van der Waals surface area contributed by atoms with Crippen molar-refractivity contribution >= 4 is 18.3 Å². The molecule has 0 aromatic rings. The van der Waals surface area contributed by atoms with E-state index in [4.69, 9.17) is 10.5 Å². The second kappa shape index (κ2) is 8.69. The minimum Gasteiger partial charge on any atom is -0.383 e. The maximum atomic E-state index is 11.3. The number of nitrogens with zero attached hydrogens (tertiary/aromatic N) is 1. The first-order chi connectivity index (χ1) is 7.65. The number of amides is 1. The Morgan fingerprint density at radius 3 is 2.94 bits per heavy atom. The summed E-state index contributed by atoms with van der Waals surface area (Å²) in [7, 11) is 1.71. The molecule has 1 saturated heterocycles. The normalized spacial score (nSPS) is 21.9. The van der Waals surface area contributed by atoms with Crippen LogP contribution in [0.4, 0.5) is 0 Å². The van der Waals surface area contributed by atoms with E-state index < -0.39 is 6.04 Å². The molecule has 1 rings (SSSR count). The molecule has 0 aromatic heterocycles. The van der Waals surface area contributed by atoms with Gasteiger partial charge in [0.05, 0.1) is 12.6 Å². The smallest absolute Gasteiger partial charge is 0.236 e. The van der Waals surface area contributed by atoms with E-state index in [1.807, 2.05) is 0 Å². The summed E-state index contributed by atoms with van der Waals surface area (Å²) < 4.78 is 5.07. The number of ether oxygens (including phenoxy) is 1. The average molecular weight is 266 g/mol. The molecule has 0 aliphatic carbocycles. The highest BCUT2D eigenvalue weighted by Gasteiger charge is 2.24. The molecule has 102 valence electrons. The van der Waals surface area contributed by atoms with Crippen molar-refractivity contribution in [3.8, 4) is 0 Å². The van der Waals surface area contributed by atoms with Crippen molar-refractivity contribution in [3.05, 3.63) is 0 Å². The van der Waals surface area contributed by atoms with E-state index in [0.29, 0.717) is 12.6 Å². The number of carbonyl (C=O) groups is 1. The number of rotatable bonds is 6. The maximum Gasteiger partial charge on any atom is 0.236 e. The lowest BCUT2D eigenvalue weighted by atomic mass is 10.2. The Kier molecular flexibility index (Phi) is 8.51. The van der Waals surface area contributed by atoms with Crippen molar-refractivity contribution in [1.82, 2.24) is 10.2 Å². The summed E-state index contributed by atoms with van der Waals surface area (Å²) in [5.41, 5.74) is 5.49. The van der Waals surface area contributed by atoms with Gasteiger partial charge < -0.3 is 15.8 Å². The monoisotopic (exact) mass is 265 g/mol. The number of methoxy groups -OCH3 is 1. The van der Waals surface area contributed by atoms with Gasteiger partial charge in [0.25, 0.3) is 0 Å². The van der Waals surface area contributed by atoms with Crippen LogP contribution in [-0.2, 0) is 9.53 Å². The Morgan fingerprint density at radius 2 is 2.35 bits per heavy atom. The molecular formula is C11H24ClN3O2. The molecule has 1 heterocycles. The fourth-order valence-corrected chi connectivity index (χ4v) is 2.01. The largest absolute Gasteiger partial charge is 0.383 e. The Balaban J connectivity index is 0.00000256. The fraction of sp³-hybridized carbons (Fsp3) is 0.909. The van der Waals surface area contributed by atoms with Crippen LogP contribution in [0.3, 0.4) is 0 Å². The molecule has 1 amide bonds. The van der Waals surface area contributed by atoms with Crippen LogP contribution in [0.15, 0.2) is 0 Å². The molecule has 2 atom stereocenters. The fourth-order valence-electron chi connectivity index (χ4n) is 2.01. The molecule has 0 spiro atoms. The SMILES string of the molecule is COCCN1CCCC1CNC(=O)C(C)N.Cl. The average Bonchev–Trinajstić information content (AvgIpc) is 2.70. The van der Waals surface area contributed by atoms with Crippen molar-refractivity contribution in [1.29, 1.82) is 0 Å². The highest BCUT2D eigenvalue weighted by molar-refractivity contribution is 5.85. The standard InChI is InChI=1S/C11H23N3O2.ClH/c1-9(12)11(15)13-8-10-4-3-5-14(10)6-7-16-2;/h9-10H,3-8,12H2,1-2H3,(H,13,15);1H. The van der Waals surface area contributed by atoms with Gasteiger partial charge in [-0.15, -0.1) is 12.4 Å². The second-order valence-corrected chi connectivity index (χ2v) is 4.36. The summed E-state index contributed by atoms with van der Waals surface area (Å²) in [6, 6.07) is 0.0201. The van der Waals surface area contributed by atoms with Gasteiger partial charge in [-0.25, -0.2) is 0 Å². The summed E-state index contributed by atoms with van der Waals surface area (Å²) in [6.07, 6.45) is 2.34. The first-order valence-corrected chi connectivity index (χ1v) is 5.91. The third-order valence-electron chi connectivity index (χ3n) is 3.01. The highest BCUT2D eigenvalue weighted by atomic mass is 35.5. The molecule has 0 bridgehead atoms. The van der Waals surface area contributed by atoms with E-state index in [2.05, 4.69) is 10.2 Å². The minimum atomic E-state index is -0.422. The van der Waals surface area contributed by atoms with Crippen molar-refractivity contribution in [2.75, 3.05) is 33.4 Å². The van der Waals surface area contributed by atoms with Crippen molar-refractivity contribution in [3.63, 3.8) is 0 Å². The number of nitrogens with one attached hydrogen (secondary N) is 1. The molecule has 0 saturated carbocycles. The summed E-state index contributed by atoms with van der Waals surface area (Å²) in [4.78, 5) is 13.7. The van der Waals surface area contributed by atoms with Crippen LogP contribution in [-0.4, -0.2) is 56.2 Å². The zero-order chi connectivity index (χ0) is 12.0. The van der Waals surface area contributed by atoms with Gasteiger partial charge in [0, 0.05) is 26.2 Å². The number of hydrogen-bond donors (Lipinski definition) is 2. The molecule has 5 nitrogen and oxygen atoms in total. The zero-order valence-electron chi connectivity index (χ0n) is 10.6. The van der Waals surface area contributed by atoms with Gasteiger partial charge in [-0.3, -0.25) is 9.69 Å². The van der Waals surface area contributed by atoms with E-state index >= 15 is 0 Å². The highest BCUT2D eigenvalue weighted by Crippen LogP contribution is 2.15. The maximum absolute atomic E-state index is 11.3. The molecule has 3 N–H and O–H groups in total. The van der Waals surface area contributed by atoms with Crippen LogP contribution in [0.1, 0.15) is 19.8 Å². The van der Waals surface area contributed by atoms with Crippen LogP contribution in [0.2, 0.25) is 0 Å². The van der Waals surface area contributed by atoms with Gasteiger partial charge in [0.1, 0.15) is 0 Å². The lowest BCUT2D eigenvalue weighted by molar-refractivity contribution is -0.122. The second-order valence-electron chi connectivity index (χ2n) is 4.36. The van der Waals surface area contributed by atoms with Crippen LogP contribution in [0, 0.1) is 0 Å². The molecule has 2 unspecified atom stereocenters. The third kappa shape index (κ3) is 5.68. The molecule has 0 radical (unpaired) electrons. The number of carbonyl (C=O) groups excluding carboxylic acids is 1. The molecule has 1 aliphatic heterocycles. The van der Waals surface area contributed by atoms with E-state index in [-0.39, 0.29) is 18.3 Å². The summed E-state index contributed by atoms with van der Waals surface area (Å²) in [5.74, 6) is -0.0707. The van der Waals surface area contributed by atoms with Crippen LogP contribution in [0.5, 0.6) is 0 Å². The topological polar surface area (TPSA) is 67.6 Å². The molecule has 1 fully saturated rings. The molecule has 0 aromatic carbocycles. The number of likely N-dealkylation sites (tertiary alicyclic amines) is 1. The quantitative estimate of drug-likeness (QED) is 0.709. The summed E-state index contributed by atoms with van der Waals surface area (Å²) >= 11 is 0. The van der Waals surface area contributed by atoms with Crippen LogP contribution < -0.4 is 11.1 Å². The lowest BCUT2D eigenvalue weighted by Gasteiger charge is -2.24. The van der Waals surface area contributed by atoms with Gasteiger partial charge in [-0.05, 0) is 26.3 Å². The van der Waals surface area contributed by atoms with Crippen molar-refractivity contribution in [2.45, 2.75) is 31.8 Å². The first kappa shape index (κ1) is 16.6. The van der Waals surface area contributed by atoms with Gasteiger partial charge >= 0.3 is 0 Å². The Morgan fingerprint density at radius 1 is 1.65 bits per heavy atom. The Hall–Kier alpha value is -0.360. The molecule has 6 heteroatoms. The predicted molar refractivity (Wildman–Crippen MR) is 70.4 cm³/mol. The third-order valence-corrected chi connectivity index (χ3v) is 3.01. The van der Waals surface area contributed by atoms with Crippen molar-refractivity contribution in [2.24, 2.45) is 5.73 Å². The summed E-state index contributed by atoms with van der Waals surface area (Å²) in [6.45, 7) is 5.19. The van der Waals surface area contributed by atoms with Crippen LogP contribution in [0.25, 0.3) is 0 Å². The van der Waals surface area contributed by atoms with E-state index in [1.165, 1.54) is 6.42 Å². The molecule has 17 heavy (non-hydrogen) atoms.